The minimum atomic E-state index is -0.684. The molecule has 0 aliphatic carbocycles. The van der Waals surface area contributed by atoms with E-state index in [1.807, 2.05) is 17.8 Å². The highest BCUT2D eigenvalue weighted by Crippen LogP contribution is 2.27. The van der Waals surface area contributed by atoms with Crippen molar-refractivity contribution in [2.75, 3.05) is 25.0 Å². The molecule has 110 valence electrons. The standard InChI is InChI=1S/C14H22N4O2/c1-14(5-2-8-20-14)13(19)17-11-9-16-18(10-11)12-3-6-15-7-4-12/h9-10,12,15H,2-8H2,1H3,(H,17,19). The smallest absolute Gasteiger partial charge is 0.256 e. The van der Waals surface area contributed by atoms with Crippen LogP contribution in [-0.2, 0) is 9.53 Å². The molecule has 6 heteroatoms. The number of anilines is 1. The van der Waals surface area contributed by atoms with Crippen LogP contribution in [0, 0.1) is 0 Å². The molecule has 0 saturated carbocycles. The Hall–Kier alpha value is -1.40. The van der Waals surface area contributed by atoms with Crippen LogP contribution in [0.15, 0.2) is 12.4 Å². The predicted octanol–water partition coefficient (Wildman–Crippen LogP) is 1.32. The second-order valence-electron chi connectivity index (χ2n) is 5.83. The van der Waals surface area contributed by atoms with Gasteiger partial charge in [-0.3, -0.25) is 9.48 Å². The van der Waals surface area contributed by atoms with Gasteiger partial charge >= 0.3 is 0 Å². The fourth-order valence-corrected chi connectivity index (χ4v) is 2.89. The van der Waals surface area contributed by atoms with E-state index in [1.54, 1.807) is 6.20 Å². The number of carbonyl (C=O) groups is 1. The molecule has 2 N–H and O–H groups in total. The van der Waals surface area contributed by atoms with Gasteiger partial charge in [-0.05, 0) is 45.7 Å². The highest BCUT2D eigenvalue weighted by Gasteiger charge is 2.37. The van der Waals surface area contributed by atoms with Gasteiger partial charge in [0.15, 0.2) is 0 Å². The first-order chi connectivity index (χ1) is 9.67. The van der Waals surface area contributed by atoms with Gasteiger partial charge in [0.05, 0.1) is 17.9 Å². The number of piperidine rings is 1. The summed E-state index contributed by atoms with van der Waals surface area (Å²) in [5.41, 5.74) is 0.0712. The third kappa shape index (κ3) is 2.71. The van der Waals surface area contributed by atoms with Gasteiger partial charge in [0, 0.05) is 12.8 Å². The first-order valence-electron chi connectivity index (χ1n) is 7.38. The maximum absolute atomic E-state index is 12.2. The van der Waals surface area contributed by atoms with E-state index in [1.165, 1.54) is 0 Å². The number of hydrogen-bond donors (Lipinski definition) is 2. The fraction of sp³-hybridized carbons (Fsp3) is 0.714. The van der Waals surface area contributed by atoms with Crippen LogP contribution in [-0.4, -0.2) is 41.0 Å². The lowest BCUT2D eigenvalue weighted by Crippen LogP contribution is -2.39. The number of aromatic nitrogens is 2. The molecule has 3 rings (SSSR count). The minimum absolute atomic E-state index is 0.0696. The zero-order valence-electron chi connectivity index (χ0n) is 11.9. The van der Waals surface area contributed by atoms with Gasteiger partial charge in [0.25, 0.3) is 5.91 Å². The van der Waals surface area contributed by atoms with Gasteiger partial charge in [-0.2, -0.15) is 5.10 Å². The molecule has 0 radical (unpaired) electrons. The Bertz CT molecular complexity index is 473. The van der Waals surface area contributed by atoms with Crippen LogP contribution in [0.3, 0.4) is 0 Å². The molecular weight excluding hydrogens is 256 g/mol. The molecule has 0 bridgehead atoms. The largest absolute Gasteiger partial charge is 0.365 e. The molecule has 6 nitrogen and oxygen atoms in total. The third-order valence-electron chi connectivity index (χ3n) is 4.24. The summed E-state index contributed by atoms with van der Waals surface area (Å²) in [4.78, 5) is 12.2. The van der Waals surface area contributed by atoms with Gasteiger partial charge in [0.1, 0.15) is 5.60 Å². The molecular formula is C14H22N4O2. The van der Waals surface area contributed by atoms with Crippen LogP contribution in [0.4, 0.5) is 5.69 Å². The molecule has 1 unspecified atom stereocenters. The quantitative estimate of drug-likeness (QED) is 0.875. The lowest BCUT2D eigenvalue weighted by Gasteiger charge is -2.23. The molecule has 2 aliphatic heterocycles. The third-order valence-corrected chi connectivity index (χ3v) is 4.24. The Labute approximate surface area is 118 Å². The summed E-state index contributed by atoms with van der Waals surface area (Å²) in [6.07, 6.45) is 7.52. The SMILES string of the molecule is CC1(C(=O)Nc2cnn(C3CCNCC3)c2)CCCO1. The number of amides is 1. The van der Waals surface area contributed by atoms with Crippen LogP contribution in [0.5, 0.6) is 0 Å². The lowest BCUT2D eigenvalue weighted by molar-refractivity contribution is -0.133. The highest BCUT2D eigenvalue weighted by atomic mass is 16.5. The number of nitrogens with zero attached hydrogens (tertiary/aromatic N) is 2. The van der Waals surface area contributed by atoms with Crippen molar-refractivity contribution in [3.63, 3.8) is 0 Å². The van der Waals surface area contributed by atoms with E-state index in [4.69, 9.17) is 4.74 Å². The fourth-order valence-electron chi connectivity index (χ4n) is 2.89. The van der Waals surface area contributed by atoms with Crippen molar-refractivity contribution >= 4 is 11.6 Å². The number of nitrogens with one attached hydrogen (secondary N) is 2. The summed E-state index contributed by atoms with van der Waals surface area (Å²) < 4.78 is 7.52. The summed E-state index contributed by atoms with van der Waals surface area (Å²) in [6.45, 7) is 4.57. The normalized spacial score (nSPS) is 27.6. The zero-order valence-corrected chi connectivity index (χ0v) is 11.9. The molecule has 2 saturated heterocycles. The molecule has 1 aromatic rings. The average Bonchev–Trinajstić information content (AvgIpc) is 3.10. The Balaban J connectivity index is 1.63. The number of hydrogen-bond acceptors (Lipinski definition) is 4. The topological polar surface area (TPSA) is 68.2 Å². The molecule has 1 aromatic heterocycles. The van der Waals surface area contributed by atoms with E-state index in [-0.39, 0.29) is 5.91 Å². The van der Waals surface area contributed by atoms with Crippen molar-refractivity contribution in [2.45, 2.75) is 44.2 Å². The van der Waals surface area contributed by atoms with E-state index in [0.717, 1.165) is 44.5 Å². The van der Waals surface area contributed by atoms with E-state index in [9.17, 15) is 4.79 Å². The Kier molecular flexibility index (Phi) is 3.76. The Morgan fingerprint density at radius 1 is 1.55 bits per heavy atom. The highest BCUT2D eigenvalue weighted by molar-refractivity contribution is 5.97. The maximum Gasteiger partial charge on any atom is 0.256 e. The van der Waals surface area contributed by atoms with Gasteiger partial charge in [0.2, 0.25) is 0 Å². The van der Waals surface area contributed by atoms with Crippen LogP contribution >= 0.6 is 0 Å². The van der Waals surface area contributed by atoms with Crippen molar-refractivity contribution in [3.8, 4) is 0 Å². The summed E-state index contributed by atoms with van der Waals surface area (Å²) in [5, 5.41) is 10.6. The van der Waals surface area contributed by atoms with Crippen LogP contribution in [0.1, 0.15) is 38.6 Å². The van der Waals surface area contributed by atoms with Gasteiger partial charge in [-0.15, -0.1) is 0 Å². The second-order valence-corrected chi connectivity index (χ2v) is 5.83. The predicted molar refractivity (Wildman–Crippen MR) is 75.6 cm³/mol. The van der Waals surface area contributed by atoms with E-state index < -0.39 is 5.60 Å². The minimum Gasteiger partial charge on any atom is -0.365 e. The first kappa shape index (κ1) is 13.6. The average molecular weight is 278 g/mol. The van der Waals surface area contributed by atoms with E-state index in [2.05, 4.69) is 15.7 Å². The molecule has 20 heavy (non-hydrogen) atoms. The molecule has 1 atom stereocenters. The molecule has 0 aromatic carbocycles. The zero-order chi connectivity index (χ0) is 14.0. The van der Waals surface area contributed by atoms with Crippen molar-refractivity contribution in [1.29, 1.82) is 0 Å². The van der Waals surface area contributed by atoms with Crippen LogP contribution in [0.25, 0.3) is 0 Å². The van der Waals surface area contributed by atoms with Gasteiger partial charge in [-0.25, -0.2) is 0 Å². The van der Waals surface area contributed by atoms with Gasteiger partial charge < -0.3 is 15.4 Å². The summed E-state index contributed by atoms with van der Waals surface area (Å²) in [7, 11) is 0. The molecule has 3 heterocycles. The maximum atomic E-state index is 12.2. The van der Waals surface area contributed by atoms with Crippen molar-refractivity contribution in [2.24, 2.45) is 0 Å². The van der Waals surface area contributed by atoms with Crippen LogP contribution in [0.2, 0.25) is 0 Å². The molecule has 0 spiro atoms. The molecule has 2 aliphatic rings. The first-order valence-corrected chi connectivity index (χ1v) is 7.38. The van der Waals surface area contributed by atoms with Crippen LogP contribution < -0.4 is 10.6 Å². The Morgan fingerprint density at radius 2 is 2.35 bits per heavy atom. The summed E-state index contributed by atoms with van der Waals surface area (Å²) in [5.74, 6) is -0.0696. The molecule has 2 fully saturated rings. The van der Waals surface area contributed by atoms with Crippen molar-refractivity contribution < 1.29 is 9.53 Å². The van der Waals surface area contributed by atoms with E-state index in [0.29, 0.717) is 12.6 Å². The Morgan fingerprint density at radius 3 is 3.05 bits per heavy atom. The number of ether oxygens (including phenoxy) is 1. The van der Waals surface area contributed by atoms with Gasteiger partial charge in [-0.1, -0.05) is 0 Å². The lowest BCUT2D eigenvalue weighted by atomic mass is 10.0. The summed E-state index contributed by atoms with van der Waals surface area (Å²) in [6, 6.07) is 0.431. The van der Waals surface area contributed by atoms with Crippen molar-refractivity contribution in [3.05, 3.63) is 12.4 Å². The second kappa shape index (κ2) is 5.54. The molecule has 1 amide bonds. The number of rotatable bonds is 3. The monoisotopic (exact) mass is 278 g/mol. The van der Waals surface area contributed by atoms with E-state index >= 15 is 0 Å². The number of carbonyl (C=O) groups excluding carboxylic acids is 1. The van der Waals surface area contributed by atoms with Crippen molar-refractivity contribution in [1.82, 2.24) is 15.1 Å². The summed E-state index contributed by atoms with van der Waals surface area (Å²) >= 11 is 0.